The van der Waals surface area contributed by atoms with E-state index in [1.807, 2.05) is 0 Å². The van der Waals surface area contributed by atoms with Crippen LogP contribution in [0.5, 0.6) is 5.75 Å². The molecule has 3 nitrogen and oxygen atoms in total. The Hall–Kier alpha value is -1.76. The quantitative estimate of drug-likeness (QED) is 0.520. The predicted molar refractivity (Wildman–Crippen MR) is 92.9 cm³/mol. The van der Waals surface area contributed by atoms with Gasteiger partial charge in [0.05, 0.1) is 5.56 Å². The number of halogens is 5. The van der Waals surface area contributed by atoms with Crippen LogP contribution in [-0.2, 0) is 6.18 Å². The summed E-state index contributed by atoms with van der Waals surface area (Å²) in [7, 11) is 0. The molecule has 8 heteroatoms. The van der Waals surface area contributed by atoms with Gasteiger partial charge in [0.15, 0.2) is 5.78 Å². The minimum Gasteiger partial charge on any atom is -0.478 e. The number of carbonyl (C=O) groups is 1. The fraction of sp³-hybridized carbons (Fsp3) is 0.278. The number of nitrogens with zero attached hydrogens (tertiary/aromatic N) is 1. The Kier molecular flexibility index (Phi) is 5.46. The number of fused-ring (bicyclic) bond motifs is 1. The highest BCUT2D eigenvalue weighted by molar-refractivity contribution is 6.30. The van der Waals surface area contributed by atoms with Crippen molar-refractivity contribution >= 4 is 29.0 Å². The Morgan fingerprint density at radius 3 is 2.69 bits per heavy atom. The number of rotatable bonds is 4. The second-order valence-electron chi connectivity index (χ2n) is 5.80. The van der Waals surface area contributed by atoms with Crippen LogP contribution in [-0.4, -0.2) is 29.8 Å². The number of hydrogen-bond acceptors (Lipinski definition) is 3. The van der Waals surface area contributed by atoms with E-state index in [0.29, 0.717) is 22.9 Å². The first kappa shape index (κ1) is 19.0. The summed E-state index contributed by atoms with van der Waals surface area (Å²) in [5, 5.41) is 0.405. The minimum absolute atomic E-state index is 0.0303. The van der Waals surface area contributed by atoms with Gasteiger partial charge in [0, 0.05) is 28.6 Å². The average Bonchev–Trinajstić information content (AvgIpc) is 2.60. The third-order valence-corrected chi connectivity index (χ3v) is 4.52. The predicted octanol–water partition coefficient (Wildman–Crippen LogP) is 5.17. The molecular weight excluding hydrogens is 390 g/mol. The molecule has 1 aliphatic rings. The number of alkyl halides is 4. The number of ether oxygens (including phenoxy) is 1. The van der Waals surface area contributed by atoms with Gasteiger partial charge < -0.3 is 4.74 Å². The van der Waals surface area contributed by atoms with Gasteiger partial charge in [-0.15, -0.1) is 11.6 Å². The zero-order valence-corrected chi connectivity index (χ0v) is 14.9. The van der Waals surface area contributed by atoms with Gasteiger partial charge in [-0.3, -0.25) is 9.69 Å². The molecule has 26 heavy (non-hydrogen) atoms. The second-order valence-corrected chi connectivity index (χ2v) is 6.62. The summed E-state index contributed by atoms with van der Waals surface area (Å²) in [6.07, 6.45) is -4.52. The van der Waals surface area contributed by atoms with E-state index in [0.717, 1.165) is 12.1 Å². The van der Waals surface area contributed by atoms with Gasteiger partial charge in [0.2, 0.25) is 0 Å². The van der Waals surface area contributed by atoms with E-state index >= 15 is 0 Å². The molecule has 0 amide bonds. The van der Waals surface area contributed by atoms with Crippen molar-refractivity contribution < 1.29 is 22.7 Å². The summed E-state index contributed by atoms with van der Waals surface area (Å²) in [6, 6.07) is 8.43. The van der Waals surface area contributed by atoms with Crippen molar-refractivity contribution in [3.05, 3.63) is 64.2 Å². The Balaban J connectivity index is 2.05. The van der Waals surface area contributed by atoms with E-state index in [-0.39, 0.29) is 18.2 Å². The monoisotopic (exact) mass is 403 g/mol. The maximum Gasteiger partial charge on any atom is 0.416 e. The molecule has 0 radical (unpaired) electrons. The molecule has 1 atom stereocenters. The number of hydrogen-bond donors (Lipinski definition) is 0. The van der Waals surface area contributed by atoms with Crippen molar-refractivity contribution in [3.8, 4) is 5.75 Å². The van der Waals surface area contributed by atoms with Crippen molar-refractivity contribution in [2.45, 2.75) is 12.2 Å². The summed E-state index contributed by atoms with van der Waals surface area (Å²) in [4.78, 5) is 14.8. The fourth-order valence-corrected chi connectivity index (χ4v) is 3.30. The Labute approximate surface area is 158 Å². The molecule has 138 valence electrons. The van der Waals surface area contributed by atoms with Gasteiger partial charge in [-0.25, -0.2) is 0 Å². The Morgan fingerprint density at radius 2 is 2.00 bits per heavy atom. The van der Waals surface area contributed by atoms with E-state index in [2.05, 4.69) is 0 Å². The van der Waals surface area contributed by atoms with Gasteiger partial charge in [0.25, 0.3) is 0 Å². The highest BCUT2D eigenvalue weighted by Gasteiger charge is 2.36. The van der Waals surface area contributed by atoms with Crippen molar-refractivity contribution in [2.24, 2.45) is 0 Å². The third kappa shape index (κ3) is 3.82. The van der Waals surface area contributed by atoms with Gasteiger partial charge in [-0.05, 0) is 30.3 Å². The zero-order valence-electron chi connectivity index (χ0n) is 13.4. The van der Waals surface area contributed by atoms with Crippen LogP contribution >= 0.6 is 23.2 Å². The van der Waals surface area contributed by atoms with Crippen LogP contribution in [0.25, 0.3) is 0 Å². The topological polar surface area (TPSA) is 29.5 Å². The van der Waals surface area contributed by atoms with Gasteiger partial charge >= 0.3 is 6.18 Å². The number of Topliss-reactive ketones (excluding diaryl/α,β-unsaturated/α-hetero) is 1. The number of ketones is 1. The molecule has 0 spiro atoms. The van der Waals surface area contributed by atoms with Crippen LogP contribution in [0.3, 0.4) is 0 Å². The molecule has 1 unspecified atom stereocenters. The summed E-state index contributed by atoms with van der Waals surface area (Å²) in [5.74, 6) is 0.254. The summed E-state index contributed by atoms with van der Waals surface area (Å²) in [5.41, 5.74) is -0.390. The van der Waals surface area contributed by atoms with Gasteiger partial charge in [-0.1, -0.05) is 23.7 Å². The third-order valence-electron chi connectivity index (χ3n) is 4.11. The average molecular weight is 404 g/mol. The van der Waals surface area contributed by atoms with E-state index in [4.69, 9.17) is 27.9 Å². The highest BCUT2D eigenvalue weighted by atomic mass is 35.5. The van der Waals surface area contributed by atoms with Gasteiger partial charge in [-0.2, -0.15) is 13.2 Å². The molecule has 1 heterocycles. The van der Waals surface area contributed by atoms with E-state index < -0.39 is 23.6 Å². The molecule has 0 saturated carbocycles. The molecule has 0 bridgehead atoms. The Morgan fingerprint density at radius 1 is 1.23 bits per heavy atom. The van der Waals surface area contributed by atoms with Crippen LogP contribution in [0.2, 0.25) is 5.02 Å². The molecule has 1 aliphatic heterocycles. The highest BCUT2D eigenvalue weighted by Crippen LogP contribution is 2.38. The van der Waals surface area contributed by atoms with Crippen LogP contribution in [0.4, 0.5) is 13.2 Å². The molecule has 0 N–H and O–H groups in total. The maximum absolute atomic E-state index is 13.1. The summed E-state index contributed by atoms with van der Waals surface area (Å²) < 4.78 is 44.6. The zero-order chi connectivity index (χ0) is 18.9. The second kappa shape index (κ2) is 7.47. The van der Waals surface area contributed by atoms with Crippen LogP contribution in [0.1, 0.15) is 27.5 Å². The number of carbonyl (C=O) groups excluding carboxylic acids is 1. The summed E-state index contributed by atoms with van der Waals surface area (Å²) in [6.45, 7) is 0.444. The normalized spacial score (nSPS) is 17.5. The molecule has 2 aromatic carbocycles. The van der Waals surface area contributed by atoms with Crippen LogP contribution in [0, 0.1) is 0 Å². The van der Waals surface area contributed by atoms with Crippen molar-refractivity contribution in [3.63, 3.8) is 0 Å². The lowest BCUT2D eigenvalue weighted by molar-refractivity contribution is -0.137. The SMILES string of the molecule is O=C(c1cccc(C(F)(F)F)c1)C1c2cc(Cl)ccc2OCN1CCCl. The van der Waals surface area contributed by atoms with Crippen LogP contribution in [0.15, 0.2) is 42.5 Å². The lowest BCUT2D eigenvalue weighted by Gasteiger charge is -2.35. The molecule has 0 saturated heterocycles. The molecule has 0 aromatic heterocycles. The van der Waals surface area contributed by atoms with E-state index in [1.54, 1.807) is 23.1 Å². The summed E-state index contributed by atoms with van der Waals surface area (Å²) >= 11 is 11.9. The first-order chi connectivity index (χ1) is 12.3. The van der Waals surface area contributed by atoms with E-state index in [1.165, 1.54) is 12.1 Å². The first-order valence-corrected chi connectivity index (χ1v) is 8.66. The first-order valence-electron chi connectivity index (χ1n) is 7.75. The molecule has 3 rings (SSSR count). The molecule has 0 fully saturated rings. The van der Waals surface area contributed by atoms with Crippen molar-refractivity contribution in [2.75, 3.05) is 19.2 Å². The van der Waals surface area contributed by atoms with E-state index in [9.17, 15) is 18.0 Å². The lowest BCUT2D eigenvalue weighted by atomic mass is 9.93. The van der Waals surface area contributed by atoms with Gasteiger partial charge in [0.1, 0.15) is 18.5 Å². The molecular formula is C18H14Cl2F3NO2. The smallest absolute Gasteiger partial charge is 0.416 e. The fourth-order valence-electron chi connectivity index (χ4n) is 2.90. The van der Waals surface area contributed by atoms with Crippen LogP contribution < -0.4 is 4.74 Å². The molecule has 2 aromatic rings. The lowest BCUT2D eigenvalue weighted by Crippen LogP contribution is -2.41. The minimum atomic E-state index is -4.52. The largest absolute Gasteiger partial charge is 0.478 e. The van der Waals surface area contributed by atoms with Crippen molar-refractivity contribution in [1.82, 2.24) is 4.90 Å². The standard InChI is InChI=1S/C18H14Cl2F3NO2/c19-6-7-24-10-26-15-5-4-13(20)9-14(15)16(24)17(25)11-2-1-3-12(8-11)18(21,22)23/h1-5,8-9,16H,6-7,10H2. The molecule has 0 aliphatic carbocycles. The Bertz CT molecular complexity index is 826. The number of benzene rings is 2. The van der Waals surface area contributed by atoms with Crippen molar-refractivity contribution in [1.29, 1.82) is 0 Å². The maximum atomic E-state index is 13.1.